The number of rotatable bonds is 10. The first-order chi connectivity index (χ1) is 9.65. The molecule has 0 N–H and O–H groups in total. The van der Waals surface area contributed by atoms with Gasteiger partial charge in [-0.3, -0.25) is 8.37 Å². The van der Waals surface area contributed by atoms with Crippen LogP contribution in [0.4, 0.5) is 0 Å². The molecule has 0 aliphatic carbocycles. The zero-order chi connectivity index (χ0) is 14.8. The van der Waals surface area contributed by atoms with Gasteiger partial charge in [-0.2, -0.15) is 0 Å². The summed E-state index contributed by atoms with van der Waals surface area (Å²) >= 11 is -2.61. The third kappa shape index (κ3) is 7.28. The van der Waals surface area contributed by atoms with E-state index in [9.17, 15) is 8.42 Å². The van der Waals surface area contributed by atoms with Gasteiger partial charge >= 0.3 is 0 Å². The normalized spacial score (nSPS) is 14.1. The largest absolute Gasteiger partial charge is 0.290 e. The van der Waals surface area contributed by atoms with E-state index in [1.54, 1.807) is 0 Å². The maximum absolute atomic E-state index is 11.7. The van der Waals surface area contributed by atoms with Crippen molar-refractivity contribution >= 4 is 22.2 Å². The molecule has 0 bridgehead atoms. The van der Waals surface area contributed by atoms with Gasteiger partial charge < -0.3 is 0 Å². The average molecular weight is 318 g/mol. The van der Waals surface area contributed by atoms with Crippen LogP contribution < -0.4 is 0 Å². The van der Waals surface area contributed by atoms with E-state index in [2.05, 4.69) is 0 Å². The summed E-state index contributed by atoms with van der Waals surface area (Å²) in [5.41, 5.74) is 1.84. The van der Waals surface area contributed by atoms with Crippen LogP contribution in [-0.4, -0.2) is 21.6 Å². The van der Waals surface area contributed by atoms with Gasteiger partial charge in [0, 0.05) is 0 Å². The Morgan fingerprint density at radius 2 is 1.35 bits per heavy atom. The zero-order valence-electron chi connectivity index (χ0n) is 12.0. The lowest BCUT2D eigenvalue weighted by Gasteiger charge is -2.06. The van der Waals surface area contributed by atoms with Crippen LogP contribution in [0.15, 0.2) is 24.3 Å². The third-order valence-corrected chi connectivity index (χ3v) is 4.40. The van der Waals surface area contributed by atoms with Gasteiger partial charge in [-0.1, -0.05) is 38.1 Å². The van der Waals surface area contributed by atoms with Crippen LogP contribution in [0.2, 0.25) is 0 Å². The summed E-state index contributed by atoms with van der Waals surface area (Å²) in [6, 6.07) is 7.57. The Hall–Kier alpha value is -0.560. The fourth-order valence-electron chi connectivity index (χ4n) is 1.52. The molecule has 20 heavy (non-hydrogen) atoms. The van der Waals surface area contributed by atoms with Crippen molar-refractivity contribution in [2.75, 3.05) is 13.2 Å². The molecule has 0 aliphatic rings. The molecular weight excluding hydrogens is 296 g/mol. The van der Waals surface area contributed by atoms with Crippen molar-refractivity contribution in [2.24, 2.45) is 0 Å². The molecule has 0 saturated heterocycles. The molecule has 0 heterocycles. The van der Waals surface area contributed by atoms with Crippen molar-refractivity contribution in [3.63, 3.8) is 0 Å². The second-order valence-corrected chi connectivity index (χ2v) is 6.62. The Morgan fingerprint density at radius 1 is 0.900 bits per heavy atom. The maximum Gasteiger partial charge on any atom is 0.159 e. The molecule has 1 aromatic carbocycles. The van der Waals surface area contributed by atoms with Gasteiger partial charge in [0.1, 0.15) is 0 Å². The Kier molecular flexibility index (Phi) is 8.93. The molecule has 1 aromatic rings. The lowest BCUT2D eigenvalue weighted by atomic mass is 10.2. The highest BCUT2D eigenvalue weighted by atomic mass is 32.2. The van der Waals surface area contributed by atoms with Crippen LogP contribution in [0.25, 0.3) is 0 Å². The Bertz CT molecular complexity index is 411. The topological polar surface area (TPSA) is 52.6 Å². The van der Waals surface area contributed by atoms with Gasteiger partial charge in [0.05, 0.1) is 24.7 Å². The predicted molar refractivity (Wildman–Crippen MR) is 82.6 cm³/mol. The van der Waals surface area contributed by atoms with Crippen molar-refractivity contribution in [2.45, 2.75) is 38.2 Å². The molecule has 114 valence electrons. The molecule has 2 unspecified atom stereocenters. The molecular formula is C14H22O4S2. The molecule has 0 aliphatic heterocycles. The van der Waals surface area contributed by atoms with Gasteiger partial charge in [-0.15, -0.1) is 0 Å². The molecule has 4 nitrogen and oxygen atoms in total. The molecule has 0 aromatic heterocycles. The molecule has 0 saturated carbocycles. The molecule has 0 spiro atoms. The summed E-state index contributed by atoms with van der Waals surface area (Å²) in [5, 5.41) is 0. The van der Waals surface area contributed by atoms with E-state index in [-0.39, 0.29) is 0 Å². The van der Waals surface area contributed by atoms with E-state index < -0.39 is 22.2 Å². The van der Waals surface area contributed by atoms with Crippen molar-refractivity contribution in [3.8, 4) is 0 Å². The Balaban J connectivity index is 2.52. The standard InChI is InChI=1S/C14H22O4S2/c1-3-8-17-19(15)11-13-6-5-7-14(10-13)12-20(16)18-9-4-2/h5-7,10H,3-4,8-9,11-12H2,1-2H3. The van der Waals surface area contributed by atoms with Crippen LogP contribution >= 0.6 is 0 Å². The zero-order valence-corrected chi connectivity index (χ0v) is 13.6. The number of benzene rings is 1. The van der Waals surface area contributed by atoms with E-state index in [1.165, 1.54) is 0 Å². The van der Waals surface area contributed by atoms with Gasteiger partial charge in [0.25, 0.3) is 0 Å². The molecule has 6 heteroatoms. The molecule has 1 rings (SSSR count). The van der Waals surface area contributed by atoms with Crippen LogP contribution in [0.5, 0.6) is 0 Å². The van der Waals surface area contributed by atoms with E-state index in [0.29, 0.717) is 24.7 Å². The fourth-order valence-corrected chi connectivity index (χ4v) is 3.29. The minimum absolute atomic E-state index is 0.357. The van der Waals surface area contributed by atoms with Crippen molar-refractivity contribution in [1.82, 2.24) is 0 Å². The van der Waals surface area contributed by atoms with Crippen molar-refractivity contribution in [3.05, 3.63) is 35.4 Å². The van der Waals surface area contributed by atoms with Gasteiger partial charge in [0.15, 0.2) is 22.2 Å². The van der Waals surface area contributed by atoms with E-state index in [4.69, 9.17) is 8.37 Å². The van der Waals surface area contributed by atoms with E-state index in [0.717, 1.165) is 24.0 Å². The highest BCUT2D eigenvalue weighted by Gasteiger charge is 2.06. The smallest absolute Gasteiger partial charge is 0.159 e. The van der Waals surface area contributed by atoms with Gasteiger partial charge in [-0.05, 0) is 24.0 Å². The molecule has 2 atom stereocenters. The summed E-state index contributed by atoms with van der Waals surface area (Å²) in [7, 11) is 0. The SMILES string of the molecule is CCCOS(=O)Cc1cccc(CS(=O)OCCC)c1. The average Bonchev–Trinajstić information content (AvgIpc) is 2.43. The first kappa shape index (κ1) is 17.5. The minimum atomic E-state index is -1.30. The van der Waals surface area contributed by atoms with Crippen LogP contribution in [0, 0.1) is 0 Å². The molecule has 0 fully saturated rings. The summed E-state index contributed by atoms with van der Waals surface area (Å²) < 4.78 is 33.6. The highest BCUT2D eigenvalue weighted by Crippen LogP contribution is 2.11. The van der Waals surface area contributed by atoms with Crippen molar-refractivity contribution in [1.29, 1.82) is 0 Å². The summed E-state index contributed by atoms with van der Waals surface area (Å²) in [4.78, 5) is 0. The number of hydrogen-bond donors (Lipinski definition) is 0. The van der Waals surface area contributed by atoms with Gasteiger partial charge in [-0.25, -0.2) is 8.42 Å². The van der Waals surface area contributed by atoms with E-state index >= 15 is 0 Å². The first-order valence-corrected chi connectivity index (χ1v) is 9.25. The maximum atomic E-state index is 11.7. The lowest BCUT2D eigenvalue weighted by molar-refractivity contribution is 0.346. The van der Waals surface area contributed by atoms with Crippen LogP contribution in [0.3, 0.4) is 0 Å². The second-order valence-electron chi connectivity index (χ2n) is 4.36. The van der Waals surface area contributed by atoms with Crippen LogP contribution in [-0.2, 0) is 42.0 Å². The van der Waals surface area contributed by atoms with E-state index in [1.807, 2.05) is 38.1 Å². The summed E-state index contributed by atoms with van der Waals surface area (Å²) in [6.45, 7) is 4.95. The van der Waals surface area contributed by atoms with Crippen molar-refractivity contribution < 1.29 is 16.8 Å². The van der Waals surface area contributed by atoms with Crippen LogP contribution in [0.1, 0.15) is 37.8 Å². The third-order valence-electron chi connectivity index (χ3n) is 2.40. The van der Waals surface area contributed by atoms with Gasteiger partial charge in [0.2, 0.25) is 0 Å². The lowest BCUT2D eigenvalue weighted by Crippen LogP contribution is -2.04. The second kappa shape index (κ2) is 10.2. The minimum Gasteiger partial charge on any atom is -0.290 e. The highest BCUT2D eigenvalue weighted by molar-refractivity contribution is 7.79. The quantitative estimate of drug-likeness (QED) is 0.665. The predicted octanol–water partition coefficient (Wildman–Crippen LogP) is 2.87. The summed E-state index contributed by atoms with van der Waals surface area (Å²) in [6.07, 6.45) is 1.69. The summed E-state index contributed by atoms with van der Waals surface area (Å²) in [5.74, 6) is 0.715. The molecule has 0 radical (unpaired) electrons. The molecule has 0 amide bonds. The number of hydrogen-bond acceptors (Lipinski definition) is 4. The fraction of sp³-hybridized carbons (Fsp3) is 0.571. The Labute approximate surface area is 126 Å². The first-order valence-electron chi connectivity index (χ1n) is 6.76. The monoisotopic (exact) mass is 318 g/mol. The Morgan fingerprint density at radius 3 is 1.75 bits per heavy atom.